The molecular weight excluding hydrogens is 296 g/mol. The fourth-order valence-electron chi connectivity index (χ4n) is 8.74. The molecule has 0 bridgehead atoms. The van der Waals surface area contributed by atoms with Gasteiger partial charge < -0.3 is 5.11 Å². The molecule has 5 aliphatic rings. The van der Waals surface area contributed by atoms with Crippen LogP contribution in [0.1, 0.15) is 84.0 Å². The molecule has 0 radical (unpaired) electrons. The Hall–Kier alpha value is -0.370. The molecule has 5 fully saturated rings. The summed E-state index contributed by atoms with van der Waals surface area (Å²) in [6, 6.07) is 0. The smallest absolute Gasteiger partial charge is 0.133 e. The predicted molar refractivity (Wildman–Crippen MR) is 94.4 cm³/mol. The number of aliphatic hydroxyl groups excluding tert-OH is 1. The molecular formula is C22H34O2. The Morgan fingerprint density at radius 1 is 0.917 bits per heavy atom. The number of aliphatic hydroxyl groups is 1. The van der Waals surface area contributed by atoms with E-state index in [-0.39, 0.29) is 6.10 Å². The van der Waals surface area contributed by atoms with E-state index < -0.39 is 0 Å². The van der Waals surface area contributed by atoms with E-state index in [2.05, 4.69) is 6.92 Å². The highest BCUT2D eigenvalue weighted by Crippen LogP contribution is 2.69. The van der Waals surface area contributed by atoms with Crippen molar-refractivity contribution in [2.45, 2.75) is 90.1 Å². The normalized spacial score (nSPS) is 56.8. The molecule has 2 nitrogen and oxygen atoms in total. The van der Waals surface area contributed by atoms with Crippen molar-refractivity contribution in [2.24, 2.45) is 40.4 Å². The van der Waals surface area contributed by atoms with E-state index >= 15 is 0 Å². The van der Waals surface area contributed by atoms with Gasteiger partial charge in [0.05, 0.1) is 6.10 Å². The molecule has 134 valence electrons. The van der Waals surface area contributed by atoms with Crippen LogP contribution in [0.3, 0.4) is 0 Å². The van der Waals surface area contributed by atoms with Crippen LogP contribution in [0.4, 0.5) is 0 Å². The topological polar surface area (TPSA) is 37.3 Å². The summed E-state index contributed by atoms with van der Waals surface area (Å²) in [5.41, 5.74) is 0.883. The first-order valence-corrected chi connectivity index (χ1v) is 10.7. The first-order chi connectivity index (χ1) is 11.5. The number of carbonyl (C=O) groups excluding carboxylic acids is 1. The third kappa shape index (κ3) is 2.01. The van der Waals surface area contributed by atoms with Crippen LogP contribution in [0.5, 0.6) is 0 Å². The van der Waals surface area contributed by atoms with E-state index in [1.54, 1.807) is 0 Å². The molecule has 5 saturated carbocycles. The number of carbonyl (C=O) groups is 1. The Morgan fingerprint density at radius 3 is 2.62 bits per heavy atom. The second-order valence-electron chi connectivity index (χ2n) is 10.4. The Bertz CT molecular complexity index is 542. The molecule has 0 aliphatic heterocycles. The summed E-state index contributed by atoms with van der Waals surface area (Å²) in [7, 11) is 0. The fraction of sp³-hybridized carbons (Fsp3) is 0.955. The van der Waals surface area contributed by atoms with Gasteiger partial charge in [-0.1, -0.05) is 6.92 Å². The highest BCUT2D eigenvalue weighted by atomic mass is 16.3. The van der Waals surface area contributed by atoms with E-state index in [1.807, 2.05) is 0 Å². The van der Waals surface area contributed by atoms with E-state index in [9.17, 15) is 9.90 Å². The van der Waals surface area contributed by atoms with Gasteiger partial charge in [0.25, 0.3) is 0 Å². The molecule has 24 heavy (non-hydrogen) atoms. The summed E-state index contributed by atoms with van der Waals surface area (Å²) in [6.45, 7) is 2.57. The second-order valence-corrected chi connectivity index (χ2v) is 10.4. The van der Waals surface area contributed by atoms with Crippen molar-refractivity contribution in [3.05, 3.63) is 0 Å². The lowest BCUT2D eigenvalue weighted by molar-refractivity contribution is -0.147. The van der Waals surface area contributed by atoms with Gasteiger partial charge in [0, 0.05) is 12.8 Å². The lowest BCUT2D eigenvalue weighted by Crippen LogP contribution is -2.55. The first kappa shape index (κ1) is 15.9. The molecule has 1 spiro atoms. The Labute approximate surface area is 146 Å². The minimum atomic E-state index is -0.0404. The molecule has 0 aromatic heterocycles. The maximum Gasteiger partial charge on any atom is 0.133 e. The van der Waals surface area contributed by atoms with Crippen LogP contribution in [-0.2, 0) is 4.79 Å². The fourth-order valence-corrected chi connectivity index (χ4v) is 8.74. The van der Waals surface area contributed by atoms with Crippen LogP contribution in [0, 0.1) is 40.4 Å². The number of Topliss-reactive ketones (excluding diaryl/α,β-unsaturated/α-hetero) is 1. The molecule has 0 amide bonds. The summed E-state index contributed by atoms with van der Waals surface area (Å²) in [5, 5.41) is 10.2. The summed E-state index contributed by atoms with van der Waals surface area (Å²) < 4.78 is 0. The first-order valence-electron chi connectivity index (χ1n) is 10.7. The maximum atomic E-state index is 12.3. The number of fused-ring (bicyclic) bond motifs is 4. The molecule has 2 heteroatoms. The highest BCUT2D eigenvalue weighted by Gasteiger charge is 2.62. The van der Waals surface area contributed by atoms with Gasteiger partial charge in [0.15, 0.2) is 0 Å². The van der Waals surface area contributed by atoms with Crippen molar-refractivity contribution in [1.29, 1.82) is 0 Å². The monoisotopic (exact) mass is 330 g/mol. The van der Waals surface area contributed by atoms with Crippen LogP contribution in [-0.4, -0.2) is 17.0 Å². The van der Waals surface area contributed by atoms with Crippen LogP contribution in [0.2, 0.25) is 0 Å². The zero-order valence-electron chi connectivity index (χ0n) is 15.3. The van der Waals surface area contributed by atoms with Gasteiger partial charge in [-0.05, 0) is 105 Å². The zero-order chi connectivity index (χ0) is 16.5. The van der Waals surface area contributed by atoms with E-state index in [0.717, 1.165) is 55.3 Å². The van der Waals surface area contributed by atoms with E-state index in [0.29, 0.717) is 16.6 Å². The van der Waals surface area contributed by atoms with Crippen LogP contribution >= 0.6 is 0 Å². The quantitative estimate of drug-likeness (QED) is 0.696. The number of hydrogen-bond donors (Lipinski definition) is 1. The number of hydrogen-bond acceptors (Lipinski definition) is 2. The lowest BCUT2D eigenvalue weighted by atomic mass is 9.43. The van der Waals surface area contributed by atoms with Crippen molar-refractivity contribution in [3.63, 3.8) is 0 Å². The van der Waals surface area contributed by atoms with Crippen molar-refractivity contribution in [2.75, 3.05) is 0 Å². The van der Waals surface area contributed by atoms with Crippen molar-refractivity contribution >= 4 is 5.78 Å². The highest BCUT2D eigenvalue weighted by molar-refractivity contribution is 5.80. The van der Waals surface area contributed by atoms with Crippen molar-refractivity contribution in [3.8, 4) is 0 Å². The largest absolute Gasteiger partial charge is 0.393 e. The maximum absolute atomic E-state index is 12.3. The van der Waals surface area contributed by atoms with Crippen LogP contribution in [0.15, 0.2) is 0 Å². The standard InChI is InChI=1S/C22H34O2/c1-21-10-8-16(23)12-15(21)3-6-18-19(21)9-11-22-13-17(24)5-2-14(22)4-7-20(18)22/h14-16,18-20,23H,2-13H2,1H3/t14-,15-,16+,18+,19-,20-,21-,22?/m0/s1. The van der Waals surface area contributed by atoms with Gasteiger partial charge in [-0.3, -0.25) is 4.79 Å². The van der Waals surface area contributed by atoms with Crippen LogP contribution < -0.4 is 0 Å². The molecule has 0 heterocycles. The third-order valence-electron chi connectivity index (χ3n) is 9.83. The second kappa shape index (κ2) is 5.32. The molecule has 1 N–H and O–H groups in total. The lowest BCUT2D eigenvalue weighted by Gasteiger charge is -2.62. The Morgan fingerprint density at radius 2 is 1.75 bits per heavy atom. The van der Waals surface area contributed by atoms with E-state index in [1.165, 1.54) is 51.4 Å². The summed E-state index contributed by atoms with van der Waals surface area (Å²) in [6.07, 6.45) is 14.5. The molecule has 0 aromatic rings. The third-order valence-corrected chi connectivity index (χ3v) is 9.83. The predicted octanol–water partition coefficient (Wildman–Crippen LogP) is 4.74. The SMILES string of the molecule is C[C@]12CC[C@@H](O)C[C@@H]1CC[C@H]1[C@@H]3CC[C@@H]4CCC(=O)CC43CC[C@@H]12. The summed E-state index contributed by atoms with van der Waals surface area (Å²) >= 11 is 0. The summed E-state index contributed by atoms with van der Waals surface area (Å²) in [5.74, 6) is 4.77. The van der Waals surface area contributed by atoms with E-state index in [4.69, 9.17) is 0 Å². The number of rotatable bonds is 0. The molecule has 1 unspecified atom stereocenters. The van der Waals surface area contributed by atoms with Gasteiger partial charge >= 0.3 is 0 Å². The molecule has 0 saturated heterocycles. The number of ketones is 1. The molecule has 5 rings (SSSR count). The zero-order valence-corrected chi connectivity index (χ0v) is 15.3. The van der Waals surface area contributed by atoms with Gasteiger partial charge in [-0.25, -0.2) is 0 Å². The van der Waals surface area contributed by atoms with Gasteiger partial charge in [-0.2, -0.15) is 0 Å². The van der Waals surface area contributed by atoms with Gasteiger partial charge in [-0.15, -0.1) is 0 Å². The van der Waals surface area contributed by atoms with Crippen molar-refractivity contribution in [1.82, 2.24) is 0 Å². The van der Waals surface area contributed by atoms with Gasteiger partial charge in [0.1, 0.15) is 5.78 Å². The molecule has 5 aliphatic carbocycles. The molecule has 0 aromatic carbocycles. The Balaban J connectivity index is 1.45. The summed E-state index contributed by atoms with van der Waals surface area (Å²) in [4.78, 5) is 12.3. The van der Waals surface area contributed by atoms with Crippen LogP contribution in [0.25, 0.3) is 0 Å². The Kier molecular flexibility index (Phi) is 3.51. The molecule has 8 atom stereocenters. The van der Waals surface area contributed by atoms with Crippen molar-refractivity contribution < 1.29 is 9.90 Å². The average molecular weight is 331 g/mol. The average Bonchev–Trinajstić information content (AvgIpc) is 2.94. The minimum absolute atomic E-state index is 0.0404. The van der Waals surface area contributed by atoms with Gasteiger partial charge in [0.2, 0.25) is 0 Å². The minimum Gasteiger partial charge on any atom is -0.393 e.